The average Bonchev–Trinajstić information content (AvgIpc) is 2.29. The number of aryl methyl sites for hydroxylation is 1. The van der Waals surface area contributed by atoms with Gasteiger partial charge in [0, 0.05) is 18.8 Å². The zero-order chi connectivity index (χ0) is 11.4. The van der Waals surface area contributed by atoms with Gasteiger partial charge in [-0.05, 0) is 43.7 Å². The predicted molar refractivity (Wildman–Crippen MR) is 66.5 cm³/mol. The molecule has 88 valence electrons. The first kappa shape index (κ1) is 11.6. The number of benzene rings is 1. The van der Waals surface area contributed by atoms with Crippen LogP contribution >= 0.6 is 0 Å². The molecular weight excluding hydrogens is 198 g/mol. The van der Waals surface area contributed by atoms with E-state index < -0.39 is 0 Å². The fourth-order valence-electron chi connectivity index (χ4n) is 2.46. The van der Waals surface area contributed by atoms with Gasteiger partial charge in [0.15, 0.2) is 0 Å². The first-order valence-corrected chi connectivity index (χ1v) is 6.17. The van der Waals surface area contributed by atoms with Crippen LogP contribution in [0.3, 0.4) is 0 Å². The van der Waals surface area contributed by atoms with E-state index in [-0.39, 0.29) is 5.54 Å². The number of rotatable bonds is 4. The Labute approximate surface area is 97.8 Å². The highest BCUT2D eigenvalue weighted by molar-refractivity contribution is 5.32. The molecule has 0 aromatic heterocycles. The summed E-state index contributed by atoms with van der Waals surface area (Å²) in [4.78, 5) is 0. The van der Waals surface area contributed by atoms with E-state index in [1.165, 1.54) is 11.1 Å². The summed E-state index contributed by atoms with van der Waals surface area (Å²) in [6.45, 7) is 3.60. The van der Waals surface area contributed by atoms with Gasteiger partial charge in [-0.25, -0.2) is 0 Å². The van der Waals surface area contributed by atoms with Gasteiger partial charge in [0.25, 0.3) is 0 Å². The van der Waals surface area contributed by atoms with Crippen LogP contribution in [-0.2, 0) is 17.6 Å². The first-order chi connectivity index (χ1) is 7.73. The SMILES string of the molecule is CCOCCC1(N)CCc2ccccc2C1. The monoisotopic (exact) mass is 219 g/mol. The van der Waals surface area contributed by atoms with Crippen molar-refractivity contribution in [2.45, 2.75) is 38.1 Å². The molecule has 0 aliphatic heterocycles. The second-order valence-electron chi connectivity index (χ2n) is 4.75. The molecule has 1 aliphatic carbocycles. The van der Waals surface area contributed by atoms with Gasteiger partial charge < -0.3 is 10.5 Å². The second-order valence-corrected chi connectivity index (χ2v) is 4.75. The van der Waals surface area contributed by atoms with Gasteiger partial charge in [0.2, 0.25) is 0 Å². The van der Waals surface area contributed by atoms with Crippen molar-refractivity contribution in [1.29, 1.82) is 0 Å². The summed E-state index contributed by atoms with van der Waals surface area (Å²) >= 11 is 0. The van der Waals surface area contributed by atoms with Crippen LogP contribution in [-0.4, -0.2) is 18.8 Å². The van der Waals surface area contributed by atoms with Crippen LogP contribution in [0.25, 0.3) is 0 Å². The minimum atomic E-state index is -0.0521. The summed E-state index contributed by atoms with van der Waals surface area (Å²) in [5, 5.41) is 0. The smallest absolute Gasteiger partial charge is 0.0483 e. The molecule has 1 aliphatic rings. The number of hydrogen-bond donors (Lipinski definition) is 1. The number of hydrogen-bond acceptors (Lipinski definition) is 2. The third-order valence-electron chi connectivity index (χ3n) is 3.50. The Balaban J connectivity index is 2.00. The van der Waals surface area contributed by atoms with E-state index in [0.29, 0.717) is 0 Å². The summed E-state index contributed by atoms with van der Waals surface area (Å²) in [5.74, 6) is 0. The Hall–Kier alpha value is -0.860. The fourth-order valence-corrected chi connectivity index (χ4v) is 2.46. The molecule has 0 bridgehead atoms. The van der Waals surface area contributed by atoms with Gasteiger partial charge in [-0.1, -0.05) is 24.3 Å². The van der Waals surface area contributed by atoms with Crippen molar-refractivity contribution >= 4 is 0 Å². The van der Waals surface area contributed by atoms with E-state index in [1.807, 2.05) is 6.92 Å². The van der Waals surface area contributed by atoms with Crippen molar-refractivity contribution in [3.05, 3.63) is 35.4 Å². The lowest BCUT2D eigenvalue weighted by molar-refractivity contribution is 0.122. The fraction of sp³-hybridized carbons (Fsp3) is 0.571. The number of nitrogens with two attached hydrogens (primary N) is 1. The molecule has 2 nitrogen and oxygen atoms in total. The van der Waals surface area contributed by atoms with Crippen LogP contribution in [0, 0.1) is 0 Å². The number of ether oxygens (including phenoxy) is 1. The normalized spacial score (nSPS) is 24.1. The molecule has 1 unspecified atom stereocenters. The largest absolute Gasteiger partial charge is 0.382 e. The van der Waals surface area contributed by atoms with Gasteiger partial charge in [-0.2, -0.15) is 0 Å². The second kappa shape index (κ2) is 4.98. The summed E-state index contributed by atoms with van der Waals surface area (Å²) in [7, 11) is 0. The van der Waals surface area contributed by atoms with Gasteiger partial charge in [0.05, 0.1) is 0 Å². The van der Waals surface area contributed by atoms with E-state index in [9.17, 15) is 0 Å². The standard InChI is InChI=1S/C14H21NO/c1-2-16-10-9-14(15)8-7-12-5-3-4-6-13(12)11-14/h3-6H,2,7-11,15H2,1H3. The zero-order valence-electron chi connectivity index (χ0n) is 10.0. The van der Waals surface area contributed by atoms with E-state index in [1.54, 1.807) is 0 Å². The summed E-state index contributed by atoms with van der Waals surface area (Å²) in [6.07, 6.45) is 4.15. The van der Waals surface area contributed by atoms with Crippen molar-refractivity contribution < 1.29 is 4.74 Å². The summed E-state index contributed by atoms with van der Waals surface area (Å²) < 4.78 is 5.41. The highest BCUT2D eigenvalue weighted by Gasteiger charge is 2.29. The van der Waals surface area contributed by atoms with Gasteiger partial charge in [-0.15, -0.1) is 0 Å². The Kier molecular flexibility index (Phi) is 3.62. The highest BCUT2D eigenvalue weighted by atomic mass is 16.5. The third-order valence-corrected chi connectivity index (χ3v) is 3.50. The Morgan fingerprint density at radius 3 is 2.81 bits per heavy atom. The Morgan fingerprint density at radius 1 is 1.31 bits per heavy atom. The topological polar surface area (TPSA) is 35.2 Å². The third kappa shape index (κ3) is 2.63. The summed E-state index contributed by atoms with van der Waals surface area (Å²) in [5.41, 5.74) is 9.28. The lowest BCUT2D eigenvalue weighted by Crippen LogP contribution is -2.46. The quantitative estimate of drug-likeness (QED) is 0.789. The maximum atomic E-state index is 6.43. The van der Waals surface area contributed by atoms with Gasteiger partial charge >= 0.3 is 0 Å². The lowest BCUT2D eigenvalue weighted by Gasteiger charge is -2.34. The maximum Gasteiger partial charge on any atom is 0.0483 e. The van der Waals surface area contributed by atoms with Crippen LogP contribution < -0.4 is 5.73 Å². The van der Waals surface area contributed by atoms with E-state index in [2.05, 4.69) is 24.3 Å². The minimum absolute atomic E-state index is 0.0521. The van der Waals surface area contributed by atoms with Crippen molar-refractivity contribution in [3.8, 4) is 0 Å². The van der Waals surface area contributed by atoms with E-state index in [0.717, 1.165) is 38.9 Å². The average molecular weight is 219 g/mol. The Bertz CT molecular complexity index is 350. The molecule has 16 heavy (non-hydrogen) atoms. The molecule has 0 heterocycles. The van der Waals surface area contributed by atoms with Crippen LogP contribution in [0.15, 0.2) is 24.3 Å². The summed E-state index contributed by atoms with van der Waals surface area (Å²) in [6, 6.07) is 8.64. The molecule has 1 atom stereocenters. The molecule has 1 aromatic carbocycles. The van der Waals surface area contributed by atoms with Crippen LogP contribution in [0.1, 0.15) is 30.9 Å². The van der Waals surface area contributed by atoms with Gasteiger partial charge in [-0.3, -0.25) is 0 Å². The van der Waals surface area contributed by atoms with Gasteiger partial charge in [0.1, 0.15) is 0 Å². The van der Waals surface area contributed by atoms with E-state index in [4.69, 9.17) is 10.5 Å². The minimum Gasteiger partial charge on any atom is -0.382 e. The molecule has 0 saturated carbocycles. The number of fused-ring (bicyclic) bond motifs is 1. The molecular formula is C14H21NO. The molecule has 2 rings (SSSR count). The lowest BCUT2D eigenvalue weighted by atomic mass is 9.77. The molecule has 2 heteroatoms. The maximum absolute atomic E-state index is 6.43. The molecule has 0 amide bonds. The van der Waals surface area contributed by atoms with Crippen LogP contribution in [0.4, 0.5) is 0 Å². The van der Waals surface area contributed by atoms with Crippen molar-refractivity contribution in [3.63, 3.8) is 0 Å². The van der Waals surface area contributed by atoms with Crippen molar-refractivity contribution in [1.82, 2.24) is 0 Å². The van der Waals surface area contributed by atoms with Crippen molar-refractivity contribution in [2.75, 3.05) is 13.2 Å². The zero-order valence-corrected chi connectivity index (χ0v) is 10.0. The predicted octanol–water partition coefficient (Wildman–Crippen LogP) is 2.30. The molecule has 1 aromatic rings. The van der Waals surface area contributed by atoms with Crippen LogP contribution in [0.5, 0.6) is 0 Å². The molecule has 0 radical (unpaired) electrons. The Morgan fingerprint density at radius 2 is 2.06 bits per heavy atom. The molecule has 0 saturated heterocycles. The molecule has 2 N–H and O–H groups in total. The molecule has 0 fully saturated rings. The van der Waals surface area contributed by atoms with Crippen molar-refractivity contribution in [2.24, 2.45) is 5.73 Å². The van der Waals surface area contributed by atoms with E-state index >= 15 is 0 Å². The first-order valence-electron chi connectivity index (χ1n) is 6.17. The molecule has 0 spiro atoms. The highest BCUT2D eigenvalue weighted by Crippen LogP contribution is 2.29. The van der Waals surface area contributed by atoms with Crippen LogP contribution in [0.2, 0.25) is 0 Å².